The molecule has 7 nitrogen and oxygen atoms in total. The molecule has 28 heavy (non-hydrogen) atoms. The average Bonchev–Trinajstić information content (AvgIpc) is 3.27. The van der Waals surface area contributed by atoms with Crippen molar-refractivity contribution in [2.75, 3.05) is 30.9 Å². The number of esters is 2. The lowest BCUT2D eigenvalue weighted by molar-refractivity contribution is -0.114. The third-order valence-corrected chi connectivity index (χ3v) is 5.62. The number of aryl methyl sites for hydroxylation is 1. The van der Waals surface area contributed by atoms with Gasteiger partial charge >= 0.3 is 11.9 Å². The van der Waals surface area contributed by atoms with Crippen molar-refractivity contribution in [1.82, 2.24) is 0 Å². The number of benzene rings is 1. The van der Waals surface area contributed by atoms with E-state index >= 15 is 0 Å². The second-order valence-corrected chi connectivity index (χ2v) is 7.36. The second-order valence-electron chi connectivity index (χ2n) is 6.25. The fourth-order valence-corrected chi connectivity index (χ4v) is 4.40. The van der Waals surface area contributed by atoms with Crippen LogP contribution in [0.3, 0.4) is 0 Å². The maximum atomic E-state index is 12.3. The standard InChI is InChI=1S/C20H22N2O5S/c1-3-27-19(24)12-7-9-13(10-8-12)21-11-16(23)22-18-17(20(25)26-2)14-5-4-6-15(14)28-18/h7-10,21H,3-6,11H2,1-2H3,(H,22,23). The van der Waals surface area contributed by atoms with Gasteiger partial charge in [-0.1, -0.05) is 0 Å². The molecule has 1 aliphatic carbocycles. The number of hydrogen-bond donors (Lipinski definition) is 2. The molecule has 0 aliphatic heterocycles. The smallest absolute Gasteiger partial charge is 0.341 e. The van der Waals surface area contributed by atoms with E-state index in [4.69, 9.17) is 9.47 Å². The Bertz CT molecular complexity index is 889. The summed E-state index contributed by atoms with van der Waals surface area (Å²) in [6.07, 6.45) is 2.77. The number of hydrogen-bond acceptors (Lipinski definition) is 7. The van der Waals surface area contributed by atoms with E-state index in [1.807, 2.05) is 0 Å². The highest BCUT2D eigenvalue weighted by atomic mass is 32.1. The van der Waals surface area contributed by atoms with Crippen molar-refractivity contribution in [3.05, 3.63) is 45.8 Å². The van der Waals surface area contributed by atoms with Gasteiger partial charge in [-0.3, -0.25) is 4.79 Å². The molecule has 0 saturated heterocycles. The Hall–Kier alpha value is -2.87. The predicted molar refractivity (Wildman–Crippen MR) is 107 cm³/mol. The summed E-state index contributed by atoms with van der Waals surface area (Å²) in [4.78, 5) is 37.3. The molecule has 0 fully saturated rings. The van der Waals surface area contributed by atoms with Crippen molar-refractivity contribution < 1.29 is 23.9 Å². The van der Waals surface area contributed by atoms with E-state index in [2.05, 4.69) is 10.6 Å². The Labute approximate surface area is 167 Å². The average molecular weight is 402 g/mol. The molecule has 0 unspecified atom stereocenters. The van der Waals surface area contributed by atoms with Crippen LogP contribution in [0, 0.1) is 0 Å². The van der Waals surface area contributed by atoms with Gasteiger partial charge in [-0.05, 0) is 56.0 Å². The molecule has 1 aromatic heterocycles. The number of ether oxygens (including phenoxy) is 2. The molecule has 0 bridgehead atoms. The van der Waals surface area contributed by atoms with Crippen molar-refractivity contribution in [2.45, 2.75) is 26.2 Å². The van der Waals surface area contributed by atoms with E-state index in [-0.39, 0.29) is 18.4 Å². The molecule has 1 heterocycles. The molecule has 1 aromatic carbocycles. The molecule has 0 radical (unpaired) electrons. The SMILES string of the molecule is CCOC(=O)c1ccc(NCC(=O)Nc2sc3c(c2C(=O)OC)CCC3)cc1. The lowest BCUT2D eigenvalue weighted by Crippen LogP contribution is -2.22. The molecule has 2 aromatic rings. The van der Waals surface area contributed by atoms with E-state index < -0.39 is 5.97 Å². The van der Waals surface area contributed by atoms with Crippen molar-refractivity contribution in [3.63, 3.8) is 0 Å². The molecule has 0 saturated carbocycles. The van der Waals surface area contributed by atoms with Gasteiger partial charge in [-0.25, -0.2) is 9.59 Å². The molecule has 1 amide bonds. The highest BCUT2D eigenvalue weighted by molar-refractivity contribution is 7.17. The van der Waals surface area contributed by atoms with Crippen molar-refractivity contribution in [1.29, 1.82) is 0 Å². The summed E-state index contributed by atoms with van der Waals surface area (Å²) < 4.78 is 9.82. The first-order chi connectivity index (χ1) is 13.5. The summed E-state index contributed by atoms with van der Waals surface area (Å²) in [7, 11) is 1.34. The first kappa shape index (κ1) is 19.9. The van der Waals surface area contributed by atoms with Crippen molar-refractivity contribution in [2.24, 2.45) is 0 Å². The van der Waals surface area contributed by atoms with Gasteiger partial charge in [-0.15, -0.1) is 11.3 Å². The van der Waals surface area contributed by atoms with E-state index in [9.17, 15) is 14.4 Å². The molecular weight excluding hydrogens is 380 g/mol. The molecule has 3 rings (SSSR count). The van der Waals surface area contributed by atoms with Crippen LogP contribution in [-0.4, -0.2) is 38.1 Å². The van der Waals surface area contributed by atoms with Gasteiger partial charge in [0.2, 0.25) is 5.91 Å². The Kier molecular flexibility index (Phi) is 6.30. The van der Waals surface area contributed by atoms with E-state index in [1.54, 1.807) is 31.2 Å². The number of methoxy groups -OCH3 is 1. The summed E-state index contributed by atoms with van der Waals surface area (Å²) in [5, 5.41) is 6.36. The minimum Gasteiger partial charge on any atom is -0.465 e. The van der Waals surface area contributed by atoms with Crippen molar-refractivity contribution >= 4 is 39.9 Å². The molecule has 2 N–H and O–H groups in total. The highest BCUT2D eigenvalue weighted by Gasteiger charge is 2.27. The van der Waals surface area contributed by atoms with Gasteiger partial charge in [0.05, 0.1) is 31.4 Å². The maximum Gasteiger partial charge on any atom is 0.341 e. The summed E-state index contributed by atoms with van der Waals surface area (Å²) >= 11 is 1.44. The number of rotatable bonds is 7. The summed E-state index contributed by atoms with van der Waals surface area (Å²) in [5.41, 5.74) is 2.62. The van der Waals surface area contributed by atoms with Gasteiger partial charge < -0.3 is 20.1 Å². The van der Waals surface area contributed by atoms with Crippen LogP contribution in [0.25, 0.3) is 0 Å². The highest BCUT2D eigenvalue weighted by Crippen LogP contribution is 2.39. The zero-order valence-electron chi connectivity index (χ0n) is 15.8. The first-order valence-corrected chi connectivity index (χ1v) is 9.88. The monoisotopic (exact) mass is 402 g/mol. The Morgan fingerprint density at radius 2 is 1.86 bits per heavy atom. The van der Waals surface area contributed by atoms with E-state index in [0.29, 0.717) is 28.4 Å². The Balaban J connectivity index is 1.61. The maximum absolute atomic E-state index is 12.3. The topological polar surface area (TPSA) is 93.7 Å². The molecule has 8 heteroatoms. The largest absolute Gasteiger partial charge is 0.465 e. The van der Waals surface area contributed by atoms with Crippen LogP contribution in [0.15, 0.2) is 24.3 Å². The number of carbonyl (C=O) groups is 3. The van der Waals surface area contributed by atoms with Crippen LogP contribution in [0.1, 0.15) is 44.5 Å². The Morgan fingerprint density at radius 3 is 2.54 bits per heavy atom. The second kappa shape index (κ2) is 8.88. The van der Waals surface area contributed by atoms with Gasteiger partial charge in [0, 0.05) is 10.6 Å². The lowest BCUT2D eigenvalue weighted by Gasteiger charge is -2.09. The molecule has 0 spiro atoms. The normalized spacial score (nSPS) is 12.2. The molecule has 148 valence electrons. The van der Waals surface area contributed by atoms with Gasteiger partial charge in [0.25, 0.3) is 0 Å². The zero-order valence-corrected chi connectivity index (χ0v) is 16.6. The van der Waals surface area contributed by atoms with Crippen molar-refractivity contribution in [3.8, 4) is 0 Å². The summed E-state index contributed by atoms with van der Waals surface area (Å²) in [6, 6.07) is 6.69. The number of anilines is 2. The fraction of sp³-hybridized carbons (Fsp3) is 0.350. The van der Waals surface area contributed by atoms with Crippen LogP contribution in [-0.2, 0) is 27.1 Å². The summed E-state index contributed by atoms with van der Waals surface area (Å²) in [6.45, 7) is 2.10. The first-order valence-electron chi connectivity index (χ1n) is 9.07. The third-order valence-electron chi connectivity index (χ3n) is 4.41. The van der Waals surface area contributed by atoms with Crippen LogP contribution in [0.2, 0.25) is 0 Å². The van der Waals surface area contributed by atoms with Gasteiger partial charge in [0.15, 0.2) is 0 Å². The lowest BCUT2D eigenvalue weighted by atomic mass is 10.1. The number of fused-ring (bicyclic) bond motifs is 1. The molecular formula is C20H22N2O5S. The number of thiophene rings is 1. The number of carbonyl (C=O) groups excluding carboxylic acids is 3. The van der Waals surface area contributed by atoms with Crippen LogP contribution in [0.5, 0.6) is 0 Å². The molecule has 0 atom stereocenters. The number of amides is 1. The minimum atomic E-state index is -0.419. The number of nitrogens with one attached hydrogen (secondary N) is 2. The zero-order chi connectivity index (χ0) is 20.1. The quantitative estimate of drug-likeness (QED) is 0.691. The van der Waals surface area contributed by atoms with Gasteiger partial charge in [-0.2, -0.15) is 0 Å². The predicted octanol–water partition coefficient (Wildman–Crippen LogP) is 3.25. The van der Waals surface area contributed by atoms with E-state index in [1.165, 1.54) is 18.4 Å². The fourth-order valence-electron chi connectivity index (χ4n) is 3.10. The minimum absolute atomic E-state index is 0.0297. The van der Waals surface area contributed by atoms with Crippen LogP contribution < -0.4 is 10.6 Å². The third kappa shape index (κ3) is 4.33. The Morgan fingerprint density at radius 1 is 1.11 bits per heavy atom. The summed E-state index contributed by atoms with van der Waals surface area (Å²) in [5.74, 6) is -1.07. The van der Waals surface area contributed by atoms with Crippen LogP contribution in [0.4, 0.5) is 10.7 Å². The van der Waals surface area contributed by atoms with Crippen LogP contribution >= 0.6 is 11.3 Å². The van der Waals surface area contributed by atoms with E-state index in [0.717, 1.165) is 29.7 Å². The van der Waals surface area contributed by atoms with Gasteiger partial charge in [0.1, 0.15) is 5.00 Å². The molecule has 1 aliphatic rings.